The van der Waals surface area contributed by atoms with E-state index in [9.17, 15) is 15.3 Å². The summed E-state index contributed by atoms with van der Waals surface area (Å²) in [6.45, 7) is 0. The van der Waals surface area contributed by atoms with Gasteiger partial charge in [0, 0.05) is 5.03 Å². The lowest BCUT2D eigenvalue weighted by Crippen LogP contribution is -2.52. The molecule has 0 unspecified atom stereocenters. The van der Waals surface area contributed by atoms with Crippen molar-refractivity contribution in [3.63, 3.8) is 0 Å². The van der Waals surface area contributed by atoms with Gasteiger partial charge in [0.05, 0.1) is 6.04 Å². The second-order valence-corrected chi connectivity index (χ2v) is 3.87. The summed E-state index contributed by atoms with van der Waals surface area (Å²) in [6.07, 6.45) is -1.85. The van der Waals surface area contributed by atoms with Crippen molar-refractivity contribution in [3.8, 4) is 0 Å². The van der Waals surface area contributed by atoms with Crippen LogP contribution in [0.15, 0.2) is 11.1 Å². The highest BCUT2D eigenvalue weighted by molar-refractivity contribution is 6.30. The van der Waals surface area contributed by atoms with Crippen LogP contribution in [0.2, 0.25) is 0 Å². The Morgan fingerprint density at radius 3 is 2.23 bits per heavy atom. The summed E-state index contributed by atoms with van der Waals surface area (Å²) in [7, 11) is 3.53. The van der Waals surface area contributed by atoms with Crippen LogP contribution in [0.5, 0.6) is 0 Å². The molecular weight excluding hydrogens is 194 g/mol. The zero-order valence-corrected chi connectivity index (χ0v) is 8.31. The van der Waals surface area contributed by atoms with Gasteiger partial charge in [0.15, 0.2) is 0 Å². The van der Waals surface area contributed by atoms with E-state index in [0.29, 0.717) is 0 Å². The Hall–Kier alpha value is -0.130. The van der Waals surface area contributed by atoms with E-state index in [-0.39, 0.29) is 11.1 Å². The number of hydrogen-bond acceptors (Lipinski definition) is 4. The molecule has 0 fully saturated rings. The lowest BCUT2D eigenvalue weighted by molar-refractivity contribution is -0.0716. The standard InChI is InChI=1S/C8H14ClNO3/c1-10(2)5-3-4(9)6(11)8(13)7(5)12/h3,5-8,11-13H,1-2H3/t5-,6+,7+,8+/m0/s1. The molecule has 4 atom stereocenters. The van der Waals surface area contributed by atoms with Gasteiger partial charge in [-0.15, -0.1) is 0 Å². The van der Waals surface area contributed by atoms with Crippen molar-refractivity contribution in [2.75, 3.05) is 14.1 Å². The third-order valence-electron chi connectivity index (χ3n) is 2.23. The summed E-state index contributed by atoms with van der Waals surface area (Å²) in [5.41, 5.74) is 0. The van der Waals surface area contributed by atoms with E-state index < -0.39 is 18.3 Å². The average molecular weight is 208 g/mol. The first-order valence-electron chi connectivity index (χ1n) is 4.03. The molecule has 0 radical (unpaired) electrons. The van der Waals surface area contributed by atoms with E-state index in [1.165, 1.54) is 0 Å². The van der Waals surface area contributed by atoms with Crippen LogP contribution in [0.25, 0.3) is 0 Å². The molecule has 0 aromatic heterocycles. The second-order valence-electron chi connectivity index (χ2n) is 3.43. The van der Waals surface area contributed by atoms with Gasteiger partial charge in [0.25, 0.3) is 0 Å². The Kier molecular flexibility index (Phi) is 3.32. The van der Waals surface area contributed by atoms with Crippen molar-refractivity contribution in [2.45, 2.75) is 24.4 Å². The minimum atomic E-state index is -1.22. The van der Waals surface area contributed by atoms with Crippen LogP contribution < -0.4 is 0 Å². The van der Waals surface area contributed by atoms with E-state index >= 15 is 0 Å². The zero-order chi connectivity index (χ0) is 10.2. The van der Waals surface area contributed by atoms with Crippen LogP contribution >= 0.6 is 11.6 Å². The zero-order valence-electron chi connectivity index (χ0n) is 7.55. The van der Waals surface area contributed by atoms with Crippen LogP contribution in [-0.4, -0.2) is 58.7 Å². The highest BCUT2D eigenvalue weighted by Gasteiger charge is 2.37. The molecule has 0 amide bonds. The predicted molar refractivity (Wildman–Crippen MR) is 49.4 cm³/mol. The number of aliphatic hydroxyl groups excluding tert-OH is 3. The monoisotopic (exact) mass is 207 g/mol. The Balaban J connectivity index is 2.89. The maximum atomic E-state index is 9.54. The molecule has 4 nitrogen and oxygen atoms in total. The Morgan fingerprint density at radius 1 is 1.23 bits per heavy atom. The summed E-state index contributed by atoms with van der Waals surface area (Å²) >= 11 is 5.68. The average Bonchev–Trinajstić information content (AvgIpc) is 2.07. The third-order valence-corrected chi connectivity index (χ3v) is 2.58. The van der Waals surface area contributed by atoms with Gasteiger partial charge in [-0.05, 0) is 20.2 Å². The predicted octanol–water partition coefficient (Wildman–Crippen LogP) is -0.864. The van der Waals surface area contributed by atoms with Crippen molar-refractivity contribution in [2.24, 2.45) is 0 Å². The van der Waals surface area contributed by atoms with Gasteiger partial charge in [-0.1, -0.05) is 11.6 Å². The van der Waals surface area contributed by atoms with Crippen LogP contribution in [-0.2, 0) is 0 Å². The Morgan fingerprint density at radius 2 is 1.77 bits per heavy atom. The largest absolute Gasteiger partial charge is 0.388 e. The summed E-state index contributed by atoms with van der Waals surface area (Å²) in [4.78, 5) is 1.72. The fraction of sp³-hybridized carbons (Fsp3) is 0.750. The summed E-state index contributed by atoms with van der Waals surface area (Å²) in [5.74, 6) is 0. The summed E-state index contributed by atoms with van der Waals surface area (Å²) < 4.78 is 0. The van der Waals surface area contributed by atoms with Gasteiger partial charge >= 0.3 is 0 Å². The maximum absolute atomic E-state index is 9.54. The molecule has 76 valence electrons. The topological polar surface area (TPSA) is 63.9 Å². The number of halogens is 1. The minimum absolute atomic E-state index is 0.177. The number of rotatable bonds is 1. The van der Waals surface area contributed by atoms with E-state index in [1.54, 1.807) is 25.1 Å². The molecule has 5 heteroatoms. The molecule has 13 heavy (non-hydrogen) atoms. The molecule has 0 saturated heterocycles. The van der Waals surface area contributed by atoms with Crippen molar-refractivity contribution in [1.82, 2.24) is 4.90 Å². The van der Waals surface area contributed by atoms with E-state index in [4.69, 9.17) is 11.6 Å². The number of likely N-dealkylation sites (N-methyl/N-ethyl adjacent to an activating group) is 1. The molecule has 1 aliphatic carbocycles. The first kappa shape index (κ1) is 10.9. The quantitative estimate of drug-likeness (QED) is 0.524. The third kappa shape index (κ3) is 2.03. The molecule has 3 N–H and O–H groups in total. The summed E-state index contributed by atoms with van der Waals surface area (Å²) in [5, 5.41) is 28.4. The van der Waals surface area contributed by atoms with Gasteiger partial charge < -0.3 is 20.2 Å². The molecule has 0 aromatic carbocycles. The minimum Gasteiger partial charge on any atom is -0.388 e. The van der Waals surface area contributed by atoms with Crippen molar-refractivity contribution < 1.29 is 15.3 Å². The number of aliphatic hydroxyl groups is 3. The fourth-order valence-corrected chi connectivity index (χ4v) is 1.62. The molecule has 1 aliphatic rings. The summed E-state index contributed by atoms with van der Waals surface area (Å²) in [6, 6.07) is -0.356. The van der Waals surface area contributed by atoms with Gasteiger partial charge in [-0.25, -0.2) is 0 Å². The van der Waals surface area contributed by atoms with E-state index in [1.807, 2.05) is 0 Å². The van der Waals surface area contributed by atoms with E-state index in [2.05, 4.69) is 0 Å². The van der Waals surface area contributed by atoms with Crippen molar-refractivity contribution in [3.05, 3.63) is 11.1 Å². The SMILES string of the molecule is CN(C)[C@H]1C=C(Cl)[C@@H](O)[C@@H](O)[C@@H]1O. The molecule has 0 aliphatic heterocycles. The first-order valence-corrected chi connectivity index (χ1v) is 4.40. The van der Waals surface area contributed by atoms with Gasteiger partial charge in [-0.2, -0.15) is 0 Å². The van der Waals surface area contributed by atoms with E-state index in [0.717, 1.165) is 0 Å². The highest BCUT2D eigenvalue weighted by Crippen LogP contribution is 2.24. The molecular formula is C8H14ClNO3. The van der Waals surface area contributed by atoms with Gasteiger partial charge in [0.1, 0.15) is 18.3 Å². The second kappa shape index (κ2) is 3.94. The van der Waals surface area contributed by atoms with Crippen molar-refractivity contribution >= 4 is 11.6 Å². The van der Waals surface area contributed by atoms with Crippen LogP contribution in [0, 0.1) is 0 Å². The number of hydrogen-bond donors (Lipinski definition) is 3. The van der Waals surface area contributed by atoms with Crippen LogP contribution in [0.1, 0.15) is 0 Å². The highest BCUT2D eigenvalue weighted by atomic mass is 35.5. The molecule has 0 heterocycles. The fourth-order valence-electron chi connectivity index (χ4n) is 1.37. The molecule has 0 spiro atoms. The lowest BCUT2D eigenvalue weighted by atomic mass is 9.93. The molecule has 0 bridgehead atoms. The normalized spacial score (nSPS) is 40.7. The molecule has 0 saturated carbocycles. The maximum Gasteiger partial charge on any atom is 0.118 e. The van der Waals surface area contributed by atoms with Crippen LogP contribution in [0.4, 0.5) is 0 Å². The lowest BCUT2D eigenvalue weighted by Gasteiger charge is -2.35. The van der Waals surface area contributed by atoms with Crippen LogP contribution in [0.3, 0.4) is 0 Å². The van der Waals surface area contributed by atoms with Gasteiger partial charge in [0.2, 0.25) is 0 Å². The Labute approximate surface area is 82.0 Å². The molecule has 0 aromatic rings. The molecule has 1 rings (SSSR count). The smallest absolute Gasteiger partial charge is 0.118 e. The van der Waals surface area contributed by atoms with Crippen molar-refractivity contribution in [1.29, 1.82) is 0 Å². The van der Waals surface area contributed by atoms with Gasteiger partial charge in [-0.3, -0.25) is 0 Å². The first-order chi connectivity index (χ1) is 5.95. The number of nitrogens with zero attached hydrogens (tertiary/aromatic N) is 1. The Bertz CT molecular complexity index is 219.